The Labute approximate surface area is 82.5 Å². The van der Waals surface area contributed by atoms with Gasteiger partial charge in [-0.1, -0.05) is 24.5 Å². The van der Waals surface area contributed by atoms with Crippen LogP contribution in [0.15, 0.2) is 18.2 Å². The number of carbonyl (C=O) groups excluding carboxylic acids is 1. The van der Waals surface area contributed by atoms with Crippen LogP contribution in [-0.4, -0.2) is 18.6 Å². The van der Waals surface area contributed by atoms with E-state index in [1.807, 2.05) is 0 Å². The Kier molecular flexibility index (Phi) is 3.01. The SMILES string of the molecule is Bc1ccc([N+](=O)[O-])c(C(=O)CC)c1. The molecule has 72 valence electrons. The summed E-state index contributed by atoms with van der Waals surface area (Å²) in [4.78, 5) is 21.5. The van der Waals surface area contributed by atoms with Gasteiger partial charge in [-0.05, 0) is 0 Å². The topological polar surface area (TPSA) is 60.2 Å². The molecule has 5 heteroatoms. The molecule has 0 saturated carbocycles. The molecule has 0 saturated heterocycles. The zero-order chi connectivity index (χ0) is 10.7. The molecule has 0 unspecified atom stereocenters. The van der Waals surface area contributed by atoms with E-state index in [0.29, 0.717) is 0 Å². The number of hydrogen-bond acceptors (Lipinski definition) is 3. The molecular weight excluding hydrogens is 181 g/mol. The summed E-state index contributed by atoms with van der Waals surface area (Å²) >= 11 is 0. The van der Waals surface area contributed by atoms with E-state index in [0.717, 1.165) is 5.46 Å². The second-order valence-electron chi connectivity index (χ2n) is 3.05. The normalized spacial score (nSPS) is 9.79. The van der Waals surface area contributed by atoms with E-state index in [4.69, 9.17) is 0 Å². The van der Waals surface area contributed by atoms with Gasteiger partial charge >= 0.3 is 0 Å². The predicted molar refractivity (Wildman–Crippen MR) is 55.9 cm³/mol. The molecule has 0 aliphatic heterocycles. The molecule has 0 amide bonds. The van der Waals surface area contributed by atoms with Gasteiger partial charge in [0.2, 0.25) is 0 Å². The van der Waals surface area contributed by atoms with Crippen LogP contribution in [0.1, 0.15) is 23.7 Å². The molecule has 0 bridgehead atoms. The highest BCUT2D eigenvalue weighted by molar-refractivity contribution is 6.32. The Morgan fingerprint density at radius 2 is 2.21 bits per heavy atom. The molecule has 14 heavy (non-hydrogen) atoms. The van der Waals surface area contributed by atoms with Gasteiger partial charge in [0.25, 0.3) is 5.69 Å². The molecule has 0 heterocycles. The van der Waals surface area contributed by atoms with Gasteiger partial charge in [-0.25, -0.2) is 0 Å². The first-order valence-electron chi connectivity index (χ1n) is 4.34. The largest absolute Gasteiger partial charge is 0.294 e. The van der Waals surface area contributed by atoms with Gasteiger partial charge in [0.1, 0.15) is 7.85 Å². The Balaban J connectivity index is 3.29. The van der Waals surface area contributed by atoms with Crippen molar-refractivity contribution in [3.05, 3.63) is 33.9 Å². The van der Waals surface area contributed by atoms with Crippen molar-refractivity contribution in [3.8, 4) is 0 Å². The summed E-state index contributed by atoms with van der Waals surface area (Å²) in [6, 6.07) is 4.56. The molecule has 4 nitrogen and oxygen atoms in total. The molecule has 1 aromatic carbocycles. The van der Waals surface area contributed by atoms with Gasteiger partial charge in [0, 0.05) is 12.5 Å². The van der Waals surface area contributed by atoms with Gasteiger partial charge in [-0.2, -0.15) is 0 Å². The third kappa shape index (κ3) is 1.99. The molecule has 0 N–H and O–H groups in total. The minimum atomic E-state index is -0.525. The summed E-state index contributed by atoms with van der Waals surface area (Å²) in [7, 11) is 1.80. The standard InChI is InChI=1S/C9H10BNO3/c1-2-9(12)7-5-6(10)3-4-8(7)11(13)14/h3-5H,2,10H2,1H3. The van der Waals surface area contributed by atoms with Gasteiger partial charge < -0.3 is 0 Å². The Bertz CT molecular complexity index is 390. The number of ketones is 1. The number of nitro groups is 1. The molecular formula is C9H10BNO3. The molecule has 1 aromatic rings. The van der Waals surface area contributed by atoms with Crippen molar-refractivity contribution in [2.24, 2.45) is 0 Å². The second-order valence-corrected chi connectivity index (χ2v) is 3.05. The molecule has 1 rings (SSSR count). The molecule has 0 aromatic heterocycles. The highest BCUT2D eigenvalue weighted by atomic mass is 16.6. The highest BCUT2D eigenvalue weighted by Crippen LogP contribution is 2.17. The zero-order valence-electron chi connectivity index (χ0n) is 8.11. The first kappa shape index (κ1) is 10.4. The fourth-order valence-electron chi connectivity index (χ4n) is 1.22. The first-order valence-corrected chi connectivity index (χ1v) is 4.34. The van der Waals surface area contributed by atoms with Crippen LogP contribution >= 0.6 is 0 Å². The monoisotopic (exact) mass is 191 g/mol. The zero-order valence-corrected chi connectivity index (χ0v) is 8.11. The van der Waals surface area contributed by atoms with Crippen molar-refractivity contribution in [2.45, 2.75) is 13.3 Å². The van der Waals surface area contributed by atoms with Crippen LogP contribution in [0.2, 0.25) is 0 Å². The Morgan fingerprint density at radius 1 is 1.57 bits per heavy atom. The van der Waals surface area contributed by atoms with E-state index < -0.39 is 4.92 Å². The highest BCUT2D eigenvalue weighted by Gasteiger charge is 2.17. The molecule has 0 atom stereocenters. The first-order chi connectivity index (χ1) is 6.56. The van der Waals surface area contributed by atoms with Gasteiger partial charge in [0.05, 0.1) is 10.5 Å². The minimum absolute atomic E-state index is 0.109. The maximum Gasteiger partial charge on any atom is 0.280 e. The van der Waals surface area contributed by atoms with Crippen LogP contribution in [0.4, 0.5) is 5.69 Å². The predicted octanol–water partition coefficient (Wildman–Crippen LogP) is 0.446. The summed E-state index contributed by atoms with van der Waals surface area (Å²) in [5.41, 5.74) is 0.951. The van der Waals surface area contributed by atoms with Crippen LogP contribution in [0.5, 0.6) is 0 Å². The molecule has 0 fully saturated rings. The molecule has 0 spiro atoms. The van der Waals surface area contributed by atoms with Crippen molar-refractivity contribution in [3.63, 3.8) is 0 Å². The summed E-state index contributed by atoms with van der Waals surface area (Å²) < 4.78 is 0. The summed E-state index contributed by atoms with van der Waals surface area (Å²) in [5, 5.41) is 10.6. The lowest BCUT2D eigenvalue weighted by Gasteiger charge is -2.01. The van der Waals surface area contributed by atoms with Gasteiger partial charge in [-0.15, -0.1) is 0 Å². The summed E-state index contributed by atoms with van der Waals surface area (Å²) in [5.74, 6) is -0.194. The van der Waals surface area contributed by atoms with Crippen LogP contribution in [0.3, 0.4) is 0 Å². The lowest BCUT2D eigenvalue weighted by molar-refractivity contribution is -0.385. The number of carbonyl (C=O) groups is 1. The Hall–Kier alpha value is -1.65. The van der Waals surface area contributed by atoms with E-state index >= 15 is 0 Å². The number of rotatable bonds is 3. The summed E-state index contributed by atoms with van der Waals surface area (Å²) in [6.45, 7) is 1.69. The number of hydrogen-bond donors (Lipinski definition) is 0. The van der Waals surface area contributed by atoms with Crippen LogP contribution in [-0.2, 0) is 0 Å². The molecule has 0 aliphatic rings. The van der Waals surface area contributed by atoms with Crippen molar-refractivity contribution in [1.82, 2.24) is 0 Å². The van der Waals surface area contributed by atoms with E-state index in [1.54, 1.807) is 26.9 Å². The van der Waals surface area contributed by atoms with Crippen molar-refractivity contribution in [1.29, 1.82) is 0 Å². The Morgan fingerprint density at radius 3 is 2.71 bits per heavy atom. The van der Waals surface area contributed by atoms with Crippen LogP contribution < -0.4 is 5.46 Å². The smallest absolute Gasteiger partial charge is 0.280 e. The van der Waals surface area contributed by atoms with Gasteiger partial charge in [0.15, 0.2) is 5.78 Å². The van der Waals surface area contributed by atoms with E-state index in [2.05, 4.69) is 0 Å². The van der Waals surface area contributed by atoms with E-state index in [-0.39, 0.29) is 23.5 Å². The molecule has 0 radical (unpaired) electrons. The average molecular weight is 191 g/mol. The summed E-state index contributed by atoms with van der Waals surface area (Å²) in [6.07, 6.45) is 0.282. The van der Waals surface area contributed by atoms with Crippen molar-refractivity contribution >= 4 is 24.8 Å². The van der Waals surface area contributed by atoms with Gasteiger partial charge in [-0.3, -0.25) is 14.9 Å². The maximum atomic E-state index is 11.4. The van der Waals surface area contributed by atoms with Crippen molar-refractivity contribution < 1.29 is 9.72 Å². The molecule has 0 aliphatic carbocycles. The number of benzene rings is 1. The van der Waals surface area contributed by atoms with Crippen LogP contribution in [0, 0.1) is 10.1 Å². The number of Topliss-reactive ketones (excluding diaryl/α,β-unsaturated/α-hetero) is 1. The fraction of sp³-hybridized carbons (Fsp3) is 0.222. The van der Waals surface area contributed by atoms with E-state index in [1.165, 1.54) is 6.07 Å². The third-order valence-electron chi connectivity index (χ3n) is 1.97. The third-order valence-corrected chi connectivity index (χ3v) is 1.97. The maximum absolute atomic E-state index is 11.4. The van der Waals surface area contributed by atoms with Crippen LogP contribution in [0.25, 0.3) is 0 Å². The van der Waals surface area contributed by atoms with Crippen molar-refractivity contribution in [2.75, 3.05) is 0 Å². The lowest BCUT2D eigenvalue weighted by Crippen LogP contribution is -2.09. The number of nitrogens with zero attached hydrogens (tertiary/aromatic N) is 1. The number of nitro benzene ring substituents is 1. The fourth-order valence-corrected chi connectivity index (χ4v) is 1.22. The average Bonchev–Trinajstić information content (AvgIpc) is 2.16. The lowest BCUT2D eigenvalue weighted by atomic mass is 9.92. The quantitative estimate of drug-likeness (QED) is 0.301. The minimum Gasteiger partial charge on any atom is -0.294 e. The second kappa shape index (κ2) is 4.04. The van der Waals surface area contributed by atoms with E-state index in [9.17, 15) is 14.9 Å².